The molecule has 1 saturated heterocycles. The van der Waals surface area contributed by atoms with Crippen LogP contribution in [-0.2, 0) is 0 Å². The summed E-state index contributed by atoms with van der Waals surface area (Å²) in [5.41, 5.74) is 8.45. The molecule has 0 aromatic heterocycles. The summed E-state index contributed by atoms with van der Waals surface area (Å²) in [6.07, 6.45) is 1.69. The molecular weight excluding hydrogens is 214 g/mol. The molecule has 0 spiro atoms. The Morgan fingerprint density at radius 3 is 2.88 bits per heavy atom. The molecule has 0 radical (unpaired) electrons. The van der Waals surface area contributed by atoms with E-state index >= 15 is 0 Å². The third-order valence-corrected chi connectivity index (χ3v) is 3.24. The highest BCUT2D eigenvalue weighted by Crippen LogP contribution is 2.24. The first kappa shape index (κ1) is 11.9. The van der Waals surface area contributed by atoms with Crippen LogP contribution in [0.5, 0.6) is 0 Å². The zero-order valence-corrected chi connectivity index (χ0v) is 10.1. The molecule has 4 N–H and O–H groups in total. The number of β-amino-alcohol motifs (C(OH)–C–C–N with tert-alkyl or cyclic N) is 1. The summed E-state index contributed by atoms with van der Waals surface area (Å²) in [6, 6.07) is 5.79. The number of nitrogens with two attached hydrogens (primary N) is 1. The lowest BCUT2D eigenvalue weighted by Gasteiger charge is -2.33. The van der Waals surface area contributed by atoms with Gasteiger partial charge in [-0.1, -0.05) is 0 Å². The molecule has 1 aliphatic heterocycles. The van der Waals surface area contributed by atoms with Crippen LogP contribution < -0.4 is 10.6 Å². The largest absolute Gasteiger partial charge is 0.391 e. The number of anilines is 1. The number of aryl methyl sites for hydroxylation is 1. The minimum Gasteiger partial charge on any atom is -0.391 e. The zero-order chi connectivity index (χ0) is 12.4. The van der Waals surface area contributed by atoms with Crippen molar-refractivity contribution in [1.29, 1.82) is 5.41 Å². The molecule has 2 rings (SSSR count). The fraction of sp³-hybridized carbons (Fsp3) is 0.462. The number of nitrogens with one attached hydrogen (secondary N) is 1. The van der Waals surface area contributed by atoms with Gasteiger partial charge in [-0.05, 0) is 43.5 Å². The second-order valence-corrected chi connectivity index (χ2v) is 4.66. The van der Waals surface area contributed by atoms with E-state index < -0.39 is 0 Å². The van der Waals surface area contributed by atoms with Gasteiger partial charge in [0.05, 0.1) is 6.10 Å². The van der Waals surface area contributed by atoms with E-state index in [1.807, 2.05) is 25.1 Å². The minimum absolute atomic E-state index is 0.0957. The Hall–Kier alpha value is -1.55. The number of aliphatic hydroxyl groups is 1. The summed E-state index contributed by atoms with van der Waals surface area (Å²) < 4.78 is 0. The number of aliphatic hydroxyl groups excluding tert-OH is 1. The Morgan fingerprint density at radius 2 is 2.29 bits per heavy atom. The number of amidine groups is 1. The fourth-order valence-electron chi connectivity index (χ4n) is 2.35. The standard InChI is InChI=1S/C13H19N3O/c1-9-7-10(13(14)15)4-5-12(9)16-6-2-3-11(17)8-16/h4-5,7,11,17H,2-3,6,8H2,1H3,(H3,14,15). The molecule has 1 heterocycles. The van der Waals surface area contributed by atoms with Gasteiger partial charge in [-0.3, -0.25) is 5.41 Å². The van der Waals surface area contributed by atoms with Crippen LogP contribution in [0, 0.1) is 12.3 Å². The highest BCUT2D eigenvalue weighted by atomic mass is 16.3. The topological polar surface area (TPSA) is 73.3 Å². The Balaban J connectivity index is 2.23. The first-order chi connectivity index (χ1) is 8.08. The highest BCUT2D eigenvalue weighted by molar-refractivity contribution is 5.95. The second kappa shape index (κ2) is 4.75. The van der Waals surface area contributed by atoms with Crippen molar-refractivity contribution in [3.63, 3.8) is 0 Å². The maximum atomic E-state index is 9.68. The van der Waals surface area contributed by atoms with Gasteiger partial charge in [0, 0.05) is 24.3 Å². The van der Waals surface area contributed by atoms with Gasteiger partial charge in [0.15, 0.2) is 0 Å². The summed E-state index contributed by atoms with van der Waals surface area (Å²) >= 11 is 0. The fourth-order valence-corrected chi connectivity index (χ4v) is 2.35. The lowest BCUT2D eigenvalue weighted by molar-refractivity contribution is 0.154. The van der Waals surface area contributed by atoms with Gasteiger partial charge in [-0.15, -0.1) is 0 Å². The van der Waals surface area contributed by atoms with Crippen LogP contribution in [0.25, 0.3) is 0 Å². The van der Waals surface area contributed by atoms with E-state index in [1.165, 1.54) is 0 Å². The predicted molar refractivity (Wildman–Crippen MR) is 69.6 cm³/mol. The van der Waals surface area contributed by atoms with E-state index in [-0.39, 0.29) is 11.9 Å². The maximum Gasteiger partial charge on any atom is 0.122 e. The third kappa shape index (κ3) is 2.58. The molecule has 0 aliphatic carbocycles. The zero-order valence-electron chi connectivity index (χ0n) is 10.1. The first-order valence-electron chi connectivity index (χ1n) is 5.96. The van der Waals surface area contributed by atoms with E-state index in [9.17, 15) is 5.11 Å². The quantitative estimate of drug-likeness (QED) is 0.531. The molecule has 1 aromatic rings. The van der Waals surface area contributed by atoms with Gasteiger partial charge in [0.25, 0.3) is 0 Å². The number of hydrogen-bond donors (Lipinski definition) is 3. The van der Waals surface area contributed by atoms with E-state index in [0.717, 1.165) is 36.2 Å². The Labute approximate surface area is 102 Å². The van der Waals surface area contributed by atoms with Crippen molar-refractivity contribution in [1.82, 2.24) is 0 Å². The van der Waals surface area contributed by atoms with Crippen LogP contribution in [0.4, 0.5) is 5.69 Å². The Bertz CT molecular complexity index is 431. The normalized spacial score (nSPS) is 20.4. The van der Waals surface area contributed by atoms with Crippen LogP contribution in [0.1, 0.15) is 24.0 Å². The molecule has 1 atom stereocenters. The number of benzene rings is 1. The van der Waals surface area contributed by atoms with Crippen molar-refractivity contribution in [3.8, 4) is 0 Å². The SMILES string of the molecule is Cc1cc(C(=N)N)ccc1N1CCCC(O)C1. The summed E-state index contributed by atoms with van der Waals surface area (Å²) in [7, 11) is 0. The molecule has 1 aromatic carbocycles. The lowest BCUT2D eigenvalue weighted by Crippen LogP contribution is -2.38. The summed E-state index contributed by atoms with van der Waals surface area (Å²) in [4.78, 5) is 2.20. The summed E-state index contributed by atoms with van der Waals surface area (Å²) in [6.45, 7) is 3.69. The van der Waals surface area contributed by atoms with Crippen LogP contribution >= 0.6 is 0 Å². The van der Waals surface area contributed by atoms with Crippen molar-refractivity contribution in [2.45, 2.75) is 25.9 Å². The first-order valence-corrected chi connectivity index (χ1v) is 5.96. The molecular formula is C13H19N3O. The van der Waals surface area contributed by atoms with Crippen LogP contribution in [0.2, 0.25) is 0 Å². The molecule has 0 saturated carbocycles. The maximum absolute atomic E-state index is 9.68. The minimum atomic E-state index is -0.226. The molecule has 92 valence electrons. The molecule has 1 fully saturated rings. The molecule has 1 unspecified atom stereocenters. The Kier molecular flexibility index (Phi) is 3.33. The van der Waals surface area contributed by atoms with Gasteiger partial charge in [0.1, 0.15) is 5.84 Å². The second-order valence-electron chi connectivity index (χ2n) is 4.66. The summed E-state index contributed by atoms with van der Waals surface area (Å²) in [5, 5.41) is 17.1. The van der Waals surface area contributed by atoms with Gasteiger partial charge in [-0.2, -0.15) is 0 Å². The third-order valence-electron chi connectivity index (χ3n) is 3.24. The van der Waals surface area contributed by atoms with Gasteiger partial charge < -0.3 is 15.7 Å². The average molecular weight is 233 g/mol. The number of rotatable bonds is 2. The van der Waals surface area contributed by atoms with Crippen LogP contribution in [0.15, 0.2) is 18.2 Å². The van der Waals surface area contributed by atoms with E-state index in [0.29, 0.717) is 6.54 Å². The van der Waals surface area contributed by atoms with E-state index in [4.69, 9.17) is 11.1 Å². The molecule has 4 nitrogen and oxygen atoms in total. The number of hydrogen-bond acceptors (Lipinski definition) is 3. The van der Waals surface area contributed by atoms with Crippen LogP contribution in [0.3, 0.4) is 0 Å². The van der Waals surface area contributed by atoms with E-state index in [1.54, 1.807) is 0 Å². The molecule has 0 amide bonds. The van der Waals surface area contributed by atoms with Crippen molar-refractivity contribution in [2.24, 2.45) is 5.73 Å². The van der Waals surface area contributed by atoms with Crippen molar-refractivity contribution in [3.05, 3.63) is 29.3 Å². The lowest BCUT2D eigenvalue weighted by atomic mass is 10.0. The summed E-state index contributed by atoms with van der Waals surface area (Å²) in [5.74, 6) is 0.0957. The van der Waals surface area contributed by atoms with E-state index in [2.05, 4.69) is 4.90 Å². The molecule has 4 heteroatoms. The predicted octanol–water partition coefficient (Wildman–Crippen LogP) is 1.24. The van der Waals surface area contributed by atoms with Crippen molar-refractivity contribution >= 4 is 11.5 Å². The number of piperidine rings is 1. The monoisotopic (exact) mass is 233 g/mol. The van der Waals surface area contributed by atoms with Gasteiger partial charge in [0.2, 0.25) is 0 Å². The molecule has 17 heavy (non-hydrogen) atoms. The highest BCUT2D eigenvalue weighted by Gasteiger charge is 2.19. The van der Waals surface area contributed by atoms with Crippen LogP contribution in [-0.4, -0.2) is 30.1 Å². The molecule has 0 bridgehead atoms. The van der Waals surface area contributed by atoms with Crippen molar-refractivity contribution < 1.29 is 5.11 Å². The number of nitrogens with zero attached hydrogens (tertiary/aromatic N) is 1. The van der Waals surface area contributed by atoms with Gasteiger partial charge >= 0.3 is 0 Å². The smallest absolute Gasteiger partial charge is 0.122 e. The number of nitrogen functional groups attached to an aromatic ring is 1. The molecule has 1 aliphatic rings. The van der Waals surface area contributed by atoms with Crippen molar-refractivity contribution in [2.75, 3.05) is 18.0 Å². The average Bonchev–Trinajstić information content (AvgIpc) is 2.28. The van der Waals surface area contributed by atoms with Gasteiger partial charge in [-0.25, -0.2) is 0 Å². The Morgan fingerprint density at radius 1 is 1.53 bits per heavy atom.